The van der Waals surface area contributed by atoms with E-state index in [-0.39, 0.29) is 0 Å². The van der Waals surface area contributed by atoms with Crippen molar-refractivity contribution in [2.24, 2.45) is 17.3 Å². The van der Waals surface area contributed by atoms with Crippen molar-refractivity contribution in [2.45, 2.75) is 78.6 Å². The van der Waals surface area contributed by atoms with Gasteiger partial charge in [0.05, 0.1) is 5.41 Å². The number of aliphatic carboxylic acids is 1. The predicted molar refractivity (Wildman–Crippen MR) is 75.6 cm³/mol. The van der Waals surface area contributed by atoms with Crippen LogP contribution in [0.25, 0.3) is 0 Å². The van der Waals surface area contributed by atoms with Crippen molar-refractivity contribution < 1.29 is 9.90 Å². The van der Waals surface area contributed by atoms with Gasteiger partial charge in [-0.25, -0.2) is 0 Å². The summed E-state index contributed by atoms with van der Waals surface area (Å²) in [6.45, 7) is 6.46. The Morgan fingerprint density at radius 1 is 1.28 bits per heavy atom. The predicted octanol–water partition coefficient (Wildman–Crippen LogP) is 4.87. The van der Waals surface area contributed by atoms with E-state index >= 15 is 0 Å². The Morgan fingerprint density at radius 2 is 2.00 bits per heavy atom. The van der Waals surface area contributed by atoms with Crippen LogP contribution < -0.4 is 0 Å². The second-order valence-electron chi connectivity index (χ2n) is 6.06. The topological polar surface area (TPSA) is 37.3 Å². The number of carboxylic acids is 1. The van der Waals surface area contributed by atoms with Crippen molar-refractivity contribution in [3.05, 3.63) is 0 Å². The largest absolute Gasteiger partial charge is 0.481 e. The fourth-order valence-corrected chi connectivity index (χ4v) is 3.76. The Kier molecular flexibility index (Phi) is 6.17. The fourth-order valence-electron chi connectivity index (χ4n) is 3.76. The Balaban J connectivity index is 2.83. The van der Waals surface area contributed by atoms with Gasteiger partial charge < -0.3 is 5.11 Å². The van der Waals surface area contributed by atoms with Crippen LogP contribution in [-0.2, 0) is 4.79 Å². The molecule has 1 saturated carbocycles. The van der Waals surface area contributed by atoms with Crippen LogP contribution in [0.3, 0.4) is 0 Å². The van der Waals surface area contributed by atoms with Crippen LogP contribution >= 0.6 is 0 Å². The highest BCUT2D eigenvalue weighted by atomic mass is 16.4. The Bertz CT molecular complexity index is 262. The number of carbonyl (C=O) groups is 1. The molecule has 0 aromatic heterocycles. The molecule has 0 aliphatic heterocycles. The molecular weight excluding hydrogens is 224 g/mol. The van der Waals surface area contributed by atoms with Crippen molar-refractivity contribution in [1.82, 2.24) is 0 Å². The van der Waals surface area contributed by atoms with Gasteiger partial charge in [-0.1, -0.05) is 52.9 Å². The van der Waals surface area contributed by atoms with E-state index in [0.717, 1.165) is 44.4 Å². The lowest BCUT2D eigenvalue weighted by Crippen LogP contribution is -2.40. The maximum atomic E-state index is 11.9. The van der Waals surface area contributed by atoms with Crippen molar-refractivity contribution in [2.75, 3.05) is 0 Å². The highest BCUT2D eigenvalue weighted by Crippen LogP contribution is 2.47. The molecule has 0 spiro atoms. The van der Waals surface area contributed by atoms with Crippen molar-refractivity contribution in [3.8, 4) is 0 Å². The average Bonchev–Trinajstić information content (AvgIpc) is 2.40. The average molecular weight is 254 g/mol. The van der Waals surface area contributed by atoms with E-state index in [1.54, 1.807) is 0 Å². The molecule has 2 heteroatoms. The lowest BCUT2D eigenvalue weighted by molar-refractivity contribution is -0.155. The van der Waals surface area contributed by atoms with Gasteiger partial charge in [-0.15, -0.1) is 0 Å². The molecule has 0 aromatic rings. The monoisotopic (exact) mass is 254 g/mol. The first-order chi connectivity index (χ1) is 8.60. The molecule has 1 N–H and O–H groups in total. The number of hydrogen-bond acceptors (Lipinski definition) is 1. The van der Waals surface area contributed by atoms with Gasteiger partial charge in [-0.2, -0.15) is 0 Å². The van der Waals surface area contributed by atoms with Crippen LogP contribution in [0.15, 0.2) is 0 Å². The minimum atomic E-state index is -0.541. The normalized spacial score (nSPS) is 27.7. The molecular formula is C16H30O2. The van der Waals surface area contributed by atoms with Crippen molar-refractivity contribution in [3.63, 3.8) is 0 Å². The van der Waals surface area contributed by atoms with Crippen molar-refractivity contribution in [1.29, 1.82) is 0 Å². The summed E-state index contributed by atoms with van der Waals surface area (Å²) in [5.41, 5.74) is -0.441. The fraction of sp³-hybridized carbons (Fsp3) is 0.938. The number of carboxylic acid groups (broad SMARTS) is 1. The van der Waals surface area contributed by atoms with Crippen molar-refractivity contribution >= 4 is 5.97 Å². The summed E-state index contributed by atoms with van der Waals surface area (Å²) in [6.07, 6.45) is 9.82. The molecule has 18 heavy (non-hydrogen) atoms. The molecule has 0 saturated heterocycles. The van der Waals surface area contributed by atoms with Crippen LogP contribution in [-0.4, -0.2) is 11.1 Å². The van der Waals surface area contributed by atoms with Crippen LogP contribution in [0.4, 0.5) is 0 Å². The lowest BCUT2D eigenvalue weighted by atomic mass is 9.62. The molecule has 0 amide bonds. The van der Waals surface area contributed by atoms with E-state index in [9.17, 15) is 9.90 Å². The van der Waals surface area contributed by atoms with Gasteiger partial charge in [-0.3, -0.25) is 4.79 Å². The molecule has 0 aromatic carbocycles. The third-order valence-electron chi connectivity index (χ3n) is 5.17. The Labute approximate surface area is 112 Å². The summed E-state index contributed by atoms with van der Waals surface area (Å²) >= 11 is 0. The van der Waals surface area contributed by atoms with E-state index in [0.29, 0.717) is 5.92 Å². The third kappa shape index (κ3) is 3.27. The molecule has 106 valence electrons. The summed E-state index contributed by atoms with van der Waals surface area (Å²) in [5.74, 6) is 0.626. The van der Waals surface area contributed by atoms with Gasteiger partial charge in [0, 0.05) is 0 Å². The molecule has 0 bridgehead atoms. The second kappa shape index (κ2) is 7.16. The minimum absolute atomic E-state index is 0.408. The zero-order valence-corrected chi connectivity index (χ0v) is 12.4. The van der Waals surface area contributed by atoms with E-state index in [2.05, 4.69) is 20.8 Å². The van der Waals surface area contributed by atoms with Gasteiger partial charge >= 0.3 is 5.97 Å². The van der Waals surface area contributed by atoms with Crippen LogP contribution in [0.5, 0.6) is 0 Å². The first-order valence-corrected chi connectivity index (χ1v) is 7.84. The Morgan fingerprint density at radius 3 is 2.50 bits per heavy atom. The lowest BCUT2D eigenvalue weighted by Gasteiger charge is -2.41. The molecule has 0 heterocycles. The van der Waals surface area contributed by atoms with Crippen LogP contribution in [0, 0.1) is 17.3 Å². The molecule has 1 fully saturated rings. The second-order valence-corrected chi connectivity index (χ2v) is 6.06. The molecule has 1 aliphatic rings. The SMILES string of the molecule is CCCCC(CC)(C(=O)O)C1CCCC(CC)C1. The van der Waals surface area contributed by atoms with E-state index in [1.165, 1.54) is 19.3 Å². The molecule has 3 atom stereocenters. The zero-order chi connectivity index (χ0) is 13.6. The van der Waals surface area contributed by atoms with Gasteiger partial charge in [0.2, 0.25) is 0 Å². The highest BCUT2D eigenvalue weighted by Gasteiger charge is 2.44. The molecule has 1 aliphatic carbocycles. The quantitative estimate of drug-likeness (QED) is 0.703. The first kappa shape index (κ1) is 15.5. The highest BCUT2D eigenvalue weighted by molar-refractivity contribution is 5.75. The third-order valence-corrected chi connectivity index (χ3v) is 5.17. The molecule has 1 rings (SSSR count). The summed E-state index contributed by atoms with van der Waals surface area (Å²) in [7, 11) is 0. The van der Waals surface area contributed by atoms with E-state index in [4.69, 9.17) is 0 Å². The number of unbranched alkanes of at least 4 members (excludes halogenated alkanes) is 1. The summed E-state index contributed by atoms with van der Waals surface area (Å²) in [4.78, 5) is 11.9. The van der Waals surface area contributed by atoms with Crippen LogP contribution in [0.1, 0.15) is 78.6 Å². The van der Waals surface area contributed by atoms with E-state index in [1.807, 2.05) is 0 Å². The van der Waals surface area contributed by atoms with Gasteiger partial charge in [0.15, 0.2) is 0 Å². The maximum Gasteiger partial charge on any atom is 0.309 e. The number of rotatable bonds is 7. The number of hydrogen-bond donors (Lipinski definition) is 1. The minimum Gasteiger partial charge on any atom is -0.481 e. The first-order valence-electron chi connectivity index (χ1n) is 7.84. The Hall–Kier alpha value is -0.530. The summed E-state index contributed by atoms with van der Waals surface area (Å²) < 4.78 is 0. The standard InChI is InChI=1S/C16H30O2/c1-4-7-11-16(6-3,15(17)18)14-10-8-9-13(5-2)12-14/h13-14H,4-12H2,1-3H3,(H,17,18). The van der Waals surface area contributed by atoms with Gasteiger partial charge in [-0.05, 0) is 37.5 Å². The smallest absolute Gasteiger partial charge is 0.309 e. The molecule has 3 unspecified atom stereocenters. The van der Waals surface area contributed by atoms with Crippen LogP contribution in [0.2, 0.25) is 0 Å². The molecule has 2 nitrogen and oxygen atoms in total. The van der Waals surface area contributed by atoms with Gasteiger partial charge in [0.25, 0.3) is 0 Å². The maximum absolute atomic E-state index is 11.9. The summed E-state index contributed by atoms with van der Waals surface area (Å²) in [6, 6.07) is 0. The van der Waals surface area contributed by atoms with E-state index < -0.39 is 11.4 Å². The zero-order valence-electron chi connectivity index (χ0n) is 12.4. The molecule has 0 radical (unpaired) electrons. The van der Waals surface area contributed by atoms with Gasteiger partial charge in [0.1, 0.15) is 0 Å². The summed E-state index contributed by atoms with van der Waals surface area (Å²) in [5, 5.41) is 9.76.